The summed E-state index contributed by atoms with van der Waals surface area (Å²) in [5, 5.41) is 0.566. The van der Waals surface area contributed by atoms with Crippen molar-refractivity contribution in [3.05, 3.63) is 65.1 Å². The average Bonchev–Trinajstić information content (AvgIpc) is 3.08. The van der Waals surface area contributed by atoms with Crippen LogP contribution in [0.4, 0.5) is 0 Å². The fraction of sp³-hybridized carbons (Fsp3) is 0.263. The van der Waals surface area contributed by atoms with Crippen LogP contribution in [0.5, 0.6) is 0 Å². The lowest BCUT2D eigenvalue weighted by atomic mass is 9.74. The largest absolute Gasteiger partial charge is 0.465 e. The molecule has 4 nitrogen and oxygen atoms in total. The van der Waals surface area contributed by atoms with Crippen molar-refractivity contribution < 1.29 is 18.7 Å². The van der Waals surface area contributed by atoms with Crippen LogP contribution in [0.25, 0.3) is 5.57 Å². The van der Waals surface area contributed by atoms with Gasteiger partial charge in [-0.3, -0.25) is 9.59 Å². The van der Waals surface area contributed by atoms with Gasteiger partial charge in [0.15, 0.2) is 5.78 Å². The fourth-order valence-electron chi connectivity index (χ4n) is 3.07. The van der Waals surface area contributed by atoms with Gasteiger partial charge in [0.2, 0.25) is 0 Å². The number of benzene rings is 1. The summed E-state index contributed by atoms with van der Waals surface area (Å²) in [5.41, 5.74) is 1.61. The highest BCUT2D eigenvalue weighted by atomic mass is 35.5. The first-order chi connectivity index (χ1) is 11.6. The zero-order chi connectivity index (χ0) is 17.1. The summed E-state index contributed by atoms with van der Waals surface area (Å²) in [6.07, 6.45) is 3.55. The van der Waals surface area contributed by atoms with Gasteiger partial charge in [0.25, 0.3) is 0 Å². The zero-order valence-electron chi connectivity index (χ0n) is 13.2. The van der Waals surface area contributed by atoms with Gasteiger partial charge in [-0.1, -0.05) is 23.7 Å². The molecule has 5 heteroatoms. The number of furan rings is 1. The van der Waals surface area contributed by atoms with E-state index in [-0.39, 0.29) is 18.3 Å². The minimum Gasteiger partial charge on any atom is -0.465 e. The second kappa shape index (κ2) is 7.05. The Labute approximate surface area is 145 Å². The van der Waals surface area contributed by atoms with Crippen LogP contribution in [0.3, 0.4) is 0 Å². The molecule has 1 aromatic carbocycles. The van der Waals surface area contributed by atoms with E-state index in [4.69, 9.17) is 20.8 Å². The Morgan fingerprint density at radius 2 is 2.17 bits per heavy atom. The highest BCUT2D eigenvalue weighted by Crippen LogP contribution is 2.40. The van der Waals surface area contributed by atoms with Crippen LogP contribution >= 0.6 is 11.6 Å². The summed E-state index contributed by atoms with van der Waals surface area (Å²) in [7, 11) is 0. The molecule has 0 aliphatic heterocycles. The van der Waals surface area contributed by atoms with Crippen LogP contribution in [0, 0.1) is 5.92 Å². The Hall–Kier alpha value is -2.33. The van der Waals surface area contributed by atoms with E-state index in [1.807, 2.05) is 12.1 Å². The van der Waals surface area contributed by atoms with Crippen molar-refractivity contribution in [2.45, 2.75) is 19.3 Å². The lowest BCUT2D eigenvalue weighted by Gasteiger charge is -2.28. The quantitative estimate of drug-likeness (QED) is 0.614. The van der Waals surface area contributed by atoms with E-state index >= 15 is 0 Å². The minimum absolute atomic E-state index is 0.236. The molecule has 124 valence electrons. The number of rotatable bonds is 4. The van der Waals surface area contributed by atoms with Crippen molar-refractivity contribution >= 4 is 28.9 Å². The molecule has 0 saturated carbocycles. The highest BCUT2D eigenvalue weighted by molar-refractivity contribution is 6.30. The molecule has 0 N–H and O–H groups in total. The lowest BCUT2D eigenvalue weighted by molar-refractivity contribution is -0.151. The van der Waals surface area contributed by atoms with Gasteiger partial charge in [0.1, 0.15) is 11.7 Å². The van der Waals surface area contributed by atoms with Crippen LogP contribution in [0.2, 0.25) is 5.02 Å². The summed E-state index contributed by atoms with van der Waals surface area (Å²) in [4.78, 5) is 25.0. The molecule has 1 aliphatic rings. The third kappa shape index (κ3) is 3.29. The first-order valence-corrected chi connectivity index (χ1v) is 8.18. The maximum absolute atomic E-state index is 12.6. The molecule has 0 radical (unpaired) electrons. The monoisotopic (exact) mass is 344 g/mol. The Bertz CT molecular complexity index is 776. The predicted molar refractivity (Wildman–Crippen MR) is 90.6 cm³/mol. The van der Waals surface area contributed by atoms with Crippen molar-refractivity contribution in [1.29, 1.82) is 0 Å². The maximum Gasteiger partial charge on any atom is 0.317 e. The summed E-state index contributed by atoms with van der Waals surface area (Å²) in [6.45, 7) is 1.96. The SMILES string of the molecule is CCOC(=O)C1C(=O)C=C(c2ccco2)CC1c1cccc(Cl)c1. The number of ketones is 1. The number of carbonyl (C=O) groups is 2. The molecular weight excluding hydrogens is 328 g/mol. The lowest BCUT2D eigenvalue weighted by Crippen LogP contribution is -2.34. The second-order valence-corrected chi connectivity index (χ2v) is 6.08. The first kappa shape index (κ1) is 16.5. The Morgan fingerprint density at radius 3 is 2.83 bits per heavy atom. The number of esters is 1. The van der Waals surface area contributed by atoms with Crippen LogP contribution in [-0.2, 0) is 14.3 Å². The van der Waals surface area contributed by atoms with Gasteiger partial charge in [-0.2, -0.15) is 0 Å². The molecule has 1 heterocycles. The van der Waals surface area contributed by atoms with Crippen molar-refractivity contribution in [2.24, 2.45) is 5.92 Å². The molecule has 2 aromatic rings. The third-order valence-electron chi connectivity index (χ3n) is 4.12. The van der Waals surface area contributed by atoms with Gasteiger partial charge in [-0.05, 0) is 54.8 Å². The normalized spacial score (nSPS) is 20.6. The van der Waals surface area contributed by atoms with E-state index in [2.05, 4.69) is 0 Å². The van der Waals surface area contributed by atoms with E-state index in [1.165, 1.54) is 6.08 Å². The van der Waals surface area contributed by atoms with E-state index < -0.39 is 11.9 Å². The van der Waals surface area contributed by atoms with Gasteiger partial charge in [0.05, 0.1) is 12.9 Å². The van der Waals surface area contributed by atoms with Gasteiger partial charge in [-0.25, -0.2) is 0 Å². The standard InChI is InChI=1S/C19H17ClO4/c1-2-23-19(22)18-15(12-5-3-6-14(20)9-12)10-13(11-16(18)21)17-7-4-8-24-17/h3-9,11,15,18H,2,10H2,1H3. The molecule has 0 fully saturated rings. The van der Waals surface area contributed by atoms with Gasteiger partial charge in [0, 0.05) is 10.9 Å². The Kier molecular flexibility index (Phi) is 4.86. The topological polar surface area (TPSA) is 56.5 Å². The van der Waals surface area contributed by atoms with E-state index in [1.54, 1.807) is 37.5 Å². The molecular formula is C19H17ClO4. The van der Waals surface area contributed by atoms with Crippen molar-refractivity contribution in [3.63, 3.8) is 0 Å². The number of allylic oxidation sites excluding steroid dienone is 2. The zero-order valence-corrected chi connectivity index (χ0v) is 14.0. The number of carbonyl (C=O) groups excluding carboxylic acids is 2. The van der Waals surface area contributed by atoms with Crippen molar-refractivity contribution in [3.8, 4) is 0 Å². The number of ether oxygens (including phenoxy) is 1. The Balaban J connectivity index is 2.02. The second-order valence-electron chi connectivity index (χ2n) is 5.64. The van der Waals surface area contributed by atoms with E-state index in [0.717, 1.165) is 11.1 Å². The molecule has 0 spiro atoms. The van der Waals surface area contributed by atoms with Crippen LogP contribution in [0.1, 0.15) is 30.6 Å². The van der Waals surface area contributed by atoms with Gasteiger partial charge < -0.3 is 9.15 Å². The maximum atomic E-state index is 12.6. The molecule has 0 amide bonds. The molecule has 0 saturated heterocycles. The molecule has 3 rings (SSSR count). The summed E-state index contributed by atoms with van der Waals surface area (Å²) >= 11 is 6.09. The van der Waals surface area contributed by atoms with E-state index in [0.29, 0.717) is 17.2 Å². The van der Waals surface area contributed by atoms with Gasteiger partial charge in [-0.15, -0.1) is 0 Å². The van der Waals surface area contributed by atoms with Crippen LogP contribution in [0.15, 0.2) is 53.2 Å². The summed E-state index contributed by atoms with van der Waals surface area (Å²) in [6, 6.07) is 10.8. The fourth-order valence-corrected chi connectivity index (χ4v) is 3.27. The average molecular weight is 345 g/mol. The molecule has 1 aromatic heterocycles. The third-order valence-corrected chi connectivity index (χ3v) is 4.36. The first-order valence-electron chi connectivity index (χ1n) is 7.80. The summed E-state index contributed by atoms with van der Waals surface area (Å²) in [5.74, 6) is -1.32. The van der Waals surface area contributed by atoms with Crippen molar-refractivity contribution in [2.75, 3.05) is 6.61 Å². The molecule has 2 atom stereocenters. The smallest absolute Gasteiger partial charge is 0.317 e. The summed E-state index contributed by atoms with van der Waals surface area (Å²) < 4.78 is 10.5. The number of hydrogen-bond acceptors (Lipinski definition) is 4. The van der Waals surface area contributed by atoms with Crippen LogP contribution < -0.4 is 0 Å². The van der Waals surface area contributed by atoms with Crippen LogP contribution in [-0.4, -0.2) is 18.4 Å². The highest BCUT2D eigenvalue weighted by Gasteiger charge is 2.40. The molecule has 2 unspecified atom stereocenters. The predicted octanol–water partition coefficient (Wildman–Crippen LogP) is 4.25. The Morgan fingerprint density at radius 1 is 1.33 bits per heavy atom. The molecule has 1 aliphatic carbocycles. The molecule has 0 bridgehead atoms. The van der Waals surface area contributed by atoms with Crippen molar-refractivity contribution in [1.82, 2.24) is 0 Å². The number of halogens is 1. The van der Waals surface area contributed by atoms with Gasteiger partial charge >= 0.3 is 5.97 Å². The number of hydrogen-bond donors (Lipinski definition) is 0. The molecule has 24 heavy (non-hydrogen) atoms. The minimum atomic E-state index is -0.859. The van der Waals surface area contributed by atoms with E-state index in [9.17, 15) is 9.59 Å².